The molecule has 0 spiro atoms. The summed E-state index contributed by atoms with van der Waals surface area (Å²) in [7, 11) is 6.01. The minimum absolute atomic E-state index is 0.216. The summed E-state index contributed by atoms with van der Waals surface area (Å²) >= 11 is 0. The average Bonchev–Trinajstić information content (AvgIpc) is 1.69. The highest BCUT2D eigenvalue weighted by Crippen LogP contribution is 2.42. The van der Waals surface area contributed by atoms with E-state index in [1.807, 2.05) is 85.6 Å². The quantitative estimate of drug-likeness (QED) is 0.123. The van der Waals surface area contributed by atoms with Crippen LogP contribution >= 0.6 is 0 Å². The van der Waals surface area contributed by atoms with Gasteiger partial charge in [-0.1, -0.05) is 103 Å². The molecule has 0 amide bonds. The number of benzene rings is 9. The van der Waals surface area contributed by atoms with Crippen LogP contribution in [0.25, 0.3) is 133 Å². The molecule has 15 aromatic rings. The van der Waals surface area contributed by atoms with E-state index in [1.54, 1.807) is 12.1 Å². The van der Waals surface area contributed by atoms with Crippen LogP contribution in [-0.4, -0.2) is 0 Å². The highest BCUT2D eigenvalue weighted by Gasteiger charge is 2.27. The molecule has 0 saturated heterocycles. The first-order chi connectivity index (χ1) is 42.9. The maximum absolute atomic E-state index is 14.9. The number of pyridine rings is 3. The number of furan rings is 3. The molecule has 0 unspecified atom stereocenters. The lowest BCUT2D eigenvalue weighted by atomic mass is 9.96. The molecule has 0 radical (unpaired) electrons. The highest BCUT2D eigenvalue weighted by atomic mass is 19.1. The summed E-state index contributed by atoms with van der Waals surface area (Å²) in [6, 6.07) is 57.9. The van der Waals surface area contributed by atoms with E-state index in [0.29, 0.717) is 43.9 Å². The summed E-state index contributed by atoms with van der Waals surface area (Å²) in [5, 5.41) is 3.85. The Morgan fingerprint density at radius 1 is 0.292 bits per heavy atom. The SMILES string of the molecule is Cc1cc(-c2c(C)cc(F)c3c2oc2cc(F)ccc23)[n+](C)cc1-c1ccccc1.Cc1ccccc1-c1ccc(-c2c(C)ccc3c2oc2cc(F)cc(F)c23)[n+](C)c1.Cc1ccccc1-c1ccc(-c2c(C)ccc3c2oc2cc(F)ccc23)[n+](C)c1. The van der Waals surface area contributed by atoms with Crippen molar-refractivity contribution in [3.8, 4) is 67.2 Å². The van der Waals surface area contributed by atoms with Gasteiger partial charge in [-0.3, -0.25) is 0 Å². The molecule has 0 aliphatic rings. The van der Waals surface area contributed by atoms with Gasteiger partial charge in [-0.2, -0.15) is 0 Å². The molecular weight excluding hydrogens is 1120 g/mol. The van der Waals surface area contributed by atoms with Gasteiger partial charge in [0.15, 0.2) is 24.2 Å². The molecule has 11 heteroatoms. The first-order valence-electron chi connectivity index (χ1n) is 29.3. The first-order valence-corrected chi connectivity index (χ1v) is 29.3. The maximum Gasteiger partial charge on any atom is 0.216 e. The molecule has 0 N–H and O–H groups in total. The Morgan fingerprint density at radius 2 is 0.764 bits per heavy atom. The topological polar surface area (TPSA) is 51.1 Å². The van der Waals surface area contributed by atoms with Gasteiger partial charge in [-0.15, -0.1) is 0 Å². The number of aromatic nitrogens is 3. The Balaban J connectivity index is 0.000000123. The zero-order valence-electron chi connectivity index (χ0n) is 50.6. The number of rotatable bonds is 6. The lowest BCUT2D eigenvalue weighted by Crippen LogP contribution is -2.31. The van der Waals surface area contributed by atoms with Crippen LogP contribution in [0, 0.1) is 70.6 Å². The number of hydrogen-bond donors (Lipinski definition) is 0. The van der Waals surface area contributed by atoms with Gasteiger partial charge in [0.2, 0.25) is 17.1 Å². The first kappa shape index (κ1) is 57.5. The molecule has 0 atom stereocenters. The van der Waals surface area contributed by atoms with Crippen molar-refractivity contribution in [2.24, 2.45) is 21.1 Å². The molecule has 6 heterocycles. The Kier molecular flexibility index (Phi) is 14.8. The molecule has 9 aromatic carbocycles. The van der Waals surface area contributed by atoms with Gasteiger partial charge in [0, 0.05) is 80.7 Å². The second-order valence-corrected chi connectivity index (χ2v) is 23.1. The lowest BCUT2D eigenvalue weighted by Gasteiger charge is -2.10. The molecule has 6 aromatic heterocycles. The van der Waals surface area contributed by atoms with Crippen LogP contribution in [0.5, 0.6) is 0 Å². The summed E-state index contributed by atoms with van der Waals surface area (Å²) in [5.74, 6) is -2.32. The van der Waals surface area contributed by atoms with E-state index in [4.69, 9.17) is 13.3 Å². The summed E-state index contributed by atoms with van der Waals surface area (Å²) in [4.78, 5) is 0. The van der Waals surface area contributed by atoms with E-state index in [2.05, 4.69) is 143 Å². The number of hydrogen-bond acceptors (Lipinski definition) is 3. The van der Waals surface area contributed by atoms with Gasteiger partial charge < -0.3 is 13.3 Å². The zero-order valence-corrected chi connectivity index (χ0v) is 50.6. The van der Waals surface area contributed by atoms with Crippen LogP contribution in [0.4, 0.5) is 22.0 Å². The van der Waals surface area contributed by atoms with Crippen LogP contribution in [0.3, 0.4) is 0 Å². The van der Waals surface area contributed by atoms with E-state index in [-0.39, 0.29) is 17.2 Å². The molecule has 0 aliphatic carbocycles. The van der Waals surface area contributed by atoms with E-state index in [1.165, 1.54) is 64.2 Å². The molecule has 89 heavy (non-hydrogen) atoms. The second kappa shape index (κ2) is 23.0. The third-order valence-corrected chi connectivity index (χ3v) is 17.0. The minimum atomic E-state index is -0.648. The number of nitrogens with zero attached hydrogens (tertiary/aromatic N) is 3. The molecule has 15 rings (SSSR count). The summed E-state index contributed by atoms with van der Waals surface area (Å²) in [6.45, 7) is 12.2. The second-order valence-electron chi connectivity index (χ2n) is 23.1. The molecule has 0 fully saturated rings. The number of fused-ring (bicyclic) bond motifs is 9. The Bertz CT molecular complexity index is 5330. The normalized spacial score (nSPS) is 11.5. The van der Waals surface area contributed by atoms with E-state index in [0.717, 1.165) is 95.1 Å². The van der Waals surface area contributed by atoms with Gasteiger partial charge in [0.05, 0.1) is 27.5 Å². The molecule has 0 aliphatic heterocycles. The van der Waals surface area contributed by atoms with Crippen molar-refractivity contribution < 1.29 is 48.9 Å². The summed E-state index contributed by atoms with van der Waals surface area (Å²) < 4.78 is 94.9. The van der Waals surface area contributed by atoms with Crippen LogP contribution in [0.2, 0.25) is 0 Å². The molecule has 438 valence electrons. The van der Waals surface area contributed by atoms with Crippen molar-refractivity contribution in [2.45, 2.75) is 41.5 Å². The fourth-order valence-corrected chi connectivity index (χ4v) is 12.6. The minimum Gasteiger partial charge on any atom is -0.455 e. The standard InChI is InChI=1S/2C26H20F2NO.C26H21FNO/c1-15-6-4-5-7-19(15)17-9-11-22(29(3)14-17)24-16(2)8-10-20-25-21(28)12-18(27)13-23(25)30-26(20)24;1-15-12-22(29(3)14-20(15)17-7-5-4-6-8-17)24-16(2)11-21(28)25-19-10-9-18(27)13-23(19)30-26(24)25;1-16-6-4-5-7-20(16)18-9-13-23(28(3)15-18)25-17(2)8-11-22-21-12-10-19(27)14-24(21)29-26(22)25/h2*4-14H,1-3H3;4-15H,1-3H3/q3*+1. The molecule has 0 saturated carbocycles. The Labute approximate surface area is 511 Å². The van der Waals surface area contributed by atoms with Crippen molar-refractivity contribution >= 4 is 65.8 Å². The molecule has 6 nitrogen and oxygen atoms in total. The monoisotopic (exact) mass is 1180 g/mol. The van der Waals surface area contributed by atoms with Crippen molar-refractivity contribution in [3.63, 3.8) is 0 Å². The number of aryl methyl sites for hydroxylation is 9. The zero-order chi connectivity index (χ0) is 62.1. The van der Waals surface area contributed by atoms with E-state index < -0.39 is 17.5 Å². The van der Waals surface area contributed by atoms with Gasteiger partial charge >= 0.3 is 0 Å². The largest absolute Gasteiger partial charge is 0.455 e. The lowest BCUT2D eigenvalue weighted by molar-refractivity contribution is -0.660. The van der Waals surface area contributed by atoms with Crippen LogP contribution in [0.1, 0.15) is 33.4 Å². The van der Waals surface area contributed by atoms with Crippen LogP contribution in [0.15, 0.2) is 220 Å². The van der Waals surface area contributed by atoms with E-state index >= 15 is 0 Å². The molecular formula is C78H61F5N3O3+3. The average molecular weight is 1180 g/mol. The molecule has 0 bridgehead atoms. The van der Waals surface area contributed by atoms with Crippen molar-refractivity contribution in [2.75, 3.05) is 0 Å². The summed E-state index contributed by atoms with van der Waals surface area (Å²) in [5.41, 5.74) is 22.0. The predicted octanol–water partition coefficient (Wildman–Crippen LogP) is 19.8. The van der Waals surface area contributed by atoms with Gasteiger partial charge in [0.25, 0.3) is 0 Å². The third-order valence-electron chi connectivity index (χ3n) is 17.0. The van der Waals surface area contributed by atoms with Crippen molar-refractivity contribution in [3.05, 3.63) is 269 Å². The highest BCUT2D eigenvalue weighted by molar-refractivity contribution is 6.12. The fraction of sp³-hybridized carbons (Fsp3) is 0.115. The van der Waals surface area contributed by atoms with Crippen LogP contribution < -0.4 is 13.7 Å². The smallest absolute Gasteiger partial charge is 0.216 e. The maximum atomic E-state index is 14.9. The fourth-order valence-electron chi connectivity index (χ4n) is 12.6. The predicted molar refractivity (Wildman–Crippen MR) is 346 cm³/mol. The van der Waals surface area contributed by atoms with Crippen LogP contribution in [-0.2, 0) is 21.1 Å². The van der Waals surface area contributed by atoms with Crippen molar-refractivity contribution in [1.29, 1.82) is 0 Å². The van der Waals surface area contributed by atoms with Crippen molar-refractivity contribution in [1.82, 2.24) is 0 Å². The van der Waals surface area contributed by atoms with Gasteiger partial charge in [-0.05, 0) is 134 Å². The number of halogens is 5. The van der Waals surface area contributed by atoms with Gasteiger partial charge in [0.1, 0.15) is 78.1 Å². The van der Waals surface area contributed by atoms with E-state index in [9.17, 15) is 22.0 Å². The Hall–Kier alpha value is -10.5. The third kappa shape index (κ3) is 10.5. The Morgan fingerprint density at radius 3 is 1.36 bits per heavy atom. The van der Waals surface area contributed by atoms with Gasteiger partial charge in [-0.25, -0.2) is 35.7 Å². The summed E-state index contributed by atoms with van der Waals surface area (Å²) in [6.07, 6.45) is 6.31.